The molecule has 19 heavy (non-hydrogen) atoms. The summed E-state index contributed by atoms with van der Waals surface area (Å²) in [4.78, 5) is 2.10. The number of piperidine rings is 1. The molecule has 0 aromatic heterocycles. The van der Waals surface area contributed by atoms with Crippen LogP contribution in [0.4, 0.5) is 10.1 Å². The quantitative estimate of drug-likeness (QED) is 0.892. The predicted molar refractivity (Wildman–Crippen MR) is 76.9 cm³/mol. The molecule has 1 N–H and O–H groups in total. The molecule has 0 bridgehead atoms. The molecule has 1 heterocycles. The molecule has 0 radical (unpaired) electrons. The second kappa shape index (κ2) is 6.38. The van der Waals surface area contributed by atoms with Crippen LogP contribution in [0, 0.1) is 11.7 Å². The molecular weight excluding hydrogens is 241 g/mol. The molecule has 106 valence electrons. The number of halogens is 1. The minimum atomic E-state index is -0.626. The van der Waals surface area contributed by atoms with Gasteiger partial charge in [0.2, 0.25) is 0 Å². The zero-order chi connectivity index (χ0) is 13.8. The molecule has 1 aromatic rings. The van der Waals surface area contributed by atoms with Gasteiger partial charge in [0, 0.05) is 18.7 Å². The van der Waals surface area contributed by atoms with E-state index in [1.807, 2.05) is 6.07 Å². The van der Waals surface area contributed by atoms with E-state index in [4.69, 9.17) is 0 Å². The first-order valence-electron chi connectivity index (χ1n) is 7.35. The number of para-hydroxylation sites is 1. The van der Waals surface area contributed by atoms with Gasteiger partial charge < -0.3 is 10.0 Å². The van der Waals surface area contributed by atoms with Crippen LogP contribution >= 0.6 is 0 Å². The molecule has 1 saturated heterocycles. The van der Waals surface area contributed by atoms with E-state index in [1.165, 1.54) is 18.9 Å². The van der Waals surface area contributed by atoms with E-state index < -0.39 is 6.10 Å². The zero-order valence-corrected chi connectivity index (χ0v) is 11.9. The SMILES string of the molecule is CCCC1CCN(c2c(F)cccc2[C@@H](C)O)CC1. The maximum Gasteiger partial charge on any atom is 0.146 e. The van der Waals surface area contributed by atoms with Crippen LogP contribution < -0.4 is 4.90 Å². The highest BCUT2D eigenvalue weighted by molar-refractivity contribution is 5.56. The normalized spacial score (nSPS) is 18.6. The molecule has 2 rings (SSSR count). The molecule has 0 aliphatic carbocycles. The molecular formula is C16H24FNO. The van der Waals surface area contributed by atoms with Gasteiger partial charge in [-0.3, -0.25) is 0 Å². The van der Waals surface area contributed by atoms with Crippen LogP contribution in [0.25, 0.3) is 0 Å². The van der Waals surface area contributed by atoms with Crippen molar-refractivity contribution in [3.63, 3.8) is 0 Å². The van der Waals surface area contributed by atoms with Crippen LogP contribution in [0.2, 0.25) is 0 Å². The third-order valence-corrected chi connectivity index (χ3v) is 4.10. The van der Waals surface area contributed by atoms with Crippen LogP contribution in [-0.4, -0.2) is 18.2 Å². The van der Waals surface area contributed by atoms with Crippen molar-refractivity contribution in [1.29, 1.82) is 0 Å². The van der Waals surface area contributed by atoms with Crippen LogP contribution in [-0.2, 0) is 0 Å². The zero-order valence-electron chi connectivity index (χ0n) is 11.9. The van der Waals surface area contributed by atoms with Gasteiger partial charge in [0.05, 0.1) is 11.8 Å². The summed E-state index contributed by atoms with van der Waals surface area (Å²) in [5.74, 6) is 0.565. The van der Waals surface area contributed by atoms with Crippen molar-refractivity contribution in [3.05, 3.63) is 29.6 Å². The Morgan fingerprint density at radius 3 is 2.63 bits per heavy atom. The number of benzene rings is 1. The van der Waals surface area contributed by atoms with Gasteiger partial charge in [-0.2, -0.15) is 0 Å². The lowest BCUT2D eigenvalue weighted by Gasteiger charge is -2.35. The Hall–Kier alpha value is -1.09. The molecule has 1 aliphatic heterocycles. The van der Waals surface area contributed by atoms with Gasteiger partial charge in [-0.15, -0.1) is 0 Å². The Labute approximate surface area is 115 Å². The Balaban J connectivity index is 2.15. The smallest absolute Gasteiger partial charge is 0.146 e. The maximum atomic E-state index is 14.1. The number of rotatable bonds is 4. The largest absolute Gasteiger partial charge is 0.389 e. The number of aliphatic hydroxyl groups excluding tert-OH is 1. The highest BCUT2D eigenvalue weighted by atomic mass is 19.1. The lowest BCUT2D eigenvalue weighted by atomic mass is 9.91. The Morgan fingerprint density at radius 2 is 2.05 bits per heavy atom. The van der Waals surface area contributed by atoms with Crippen molar-refractivity contribution >= 4 is 5.69 Å². The van der Waals surface area contributed by atoms with Crippen molar-refractivity contribution in [2.45, 2.75) is 45.6 Å². The van der Waals surface area contributed by atoms with Gasteiger partial charge in [-0.1, -0.05) is 31.9 Å². The lowest BCUT2D eigenvalue weighted by Crippen LogP contribution is -2.35. The summed E-state index contributed by atoms with van der Waals surface area (Å²) in [6.07, 6.45) is 4.12. The summed E-state index contributed by atoms with van der Waals surface area (Å²) in [5, 5.41) is 9.80. The summed E-state index contributed by atoms with van der Waals surface area (Å²) >= 11 is 0. The highest BCUT2D eigenvalue weighted by Gasteiger charge is 2.23. The average Bonchev–Trinajstić information content (AvgIpc) is 2.40. The van der Waals surface area contributed by atoms with Crippen LogP contribution in [0.15, 0.2) is 18.2 Å². The van der Waals surface area contributed by atoms with Gasteiger partial charge >= 0.3 is 0 Å². The second-order valence-electron chi connectivity index (χ2n) is 5.57. The van der Waals surface area contributed by atoms with Crippen LogP contribution in [0.3, 0.4) is 0 Å². The maximum absolute atomic E-state index is 14.1. The molecule has 0 amide bonds. The van der Waals surface area contributed by atoms with Crippen molar-refractivity contribution in [3.8, 4) is 0 Å². The minimum absolute atomic E-state index is 0.215. The van der Waals surface area contributed by atoms with E-state index in [0.717, 1.165) is 31.8 Å². The van der Waals surface area contributed by atoms with E-state index in [-0.39, 0.29) is 5.82 Å². The summed E-state index contributed by atoms with van der Waals surface area (Å²) in [6, 6.07) is 4.98. The fourth-order valence-corrected chi connectivity index (χ4v) is 3.06. The Kier molecular flexibility index (Phi) is 4.81. The highest BCUT2D eigenvalue weighted by Crippen LogP contribution is 2.33. The number of hydrogen-bond donors (Lipinski definition) is 1. The molecule has 1 aliphatic rings. The van der Waals surface area contributed by atoms with Crippen molar-refractivity contribution in [2.75, 3.05) is 18.0 Å². The van der Waals surface area contributed by atoms with Crippen molar-refractivity contribution < 1.29 is 9.50 Å². The van der Waals surface area contributed by atoms with Gasteiger partial charge in [0.1, 0.15) is 5.82 Å². The van der Waals surface area contributed by atoms with Crippen molar-refractivity contribution in [1.82, 2.24) is 0 Å². The number of anilines is 1. The summed E-state index contributed by atoms with van der Waals surface area (Å²) in [7, 11) is 0. The van der Waals surface area contributed by atoms with Gasteiger partial charge in [-0.25, -0.2) is 4.39 Å². The monoisotopic (exact) mass is 265 g/mol. The third-order valence-electron chi connectivity index (χ3n) is 4.10. The molecule has 1 fully saturated rings. The topological polar surface area (TPSA) is 23.5 Å². The van der Waals surface area contributed by atoms with E-state index in [0.29, 0.717) is 11.3 Å². The molecule has 2 nitrogen and oxygen atoms in total. The number of hydrogen-bond acceptors (Lipinski definition) is 2. The van der Waals surface area contributed by atoms with Gasteiger partial charge in [0.15, 0.2) is 0 Å². The summed E-state index contributed by atoms with van der Waals surface area (Å²) in [5.41, 5.74) is 1.31. The standard InChI is InChI=1S/C16H24FNO/c1-3-5-13-8-10-18(11-9-13)16-14(12(2)19)6-4-7-15(16)17/h4,6-7,12-13,19H,3,5,8-11H2,1-2H3/t12-/m1/s1. The van der Waals surface area contributed by atoms with Crippen LogP contribution in [0.1, 0.15) is 51.2 Å². The summed E-state index contributed by atoms with van der Waals surface area (Å²) < 4.78 is 14.1. The molecule has 0 saturated carbocycles. The van der Waals surface area contributed by atoms with E-state index in [1.54, 1.807) is 13.0 Å². The van der Waals surface area contributed by atoms with E-state index in [2.05, 4.69) is 11.8 Å². The van der Waals surface area contributed by atoms with E-state index >= 15 is 0 Å². The van der Waals surface area contributed by atoms with Gasteiger partial charge in [0.25, 0.3) is 0 Å². The van der Waals surface area contributed by atoms with Crippen molar-refractivity contribution in [2.24, 2.45) is 5.92 Å². The molecule has 0 spiro atoms. The van der Waals surface area contributed by atoms with E-state index in [9.17, 15) is 9.50 Å². The van der Waals surface area contributed by atoms with Crippen LogP contribution in [0.5, 0.6) is 0 Å². The molecule has 1 atom stereocenters. The first-order chi connectivity index (χ1) is 9.13. The van der Waals surface area contributed by atoms with Gasteiger partial charge in [-0.05, 0) is 31.7 Å². The fourth-order valence-electron chi connectivity index (χ4n) is 3.06. The lowest BCUT2D eigenvalue weighted by molar-refractivity contribution is 0.199. The second-order valence-corrected chi connectivity index (χ2v) is 5.57. The Bertz CT molecular complexity index is 411. The predicted octanol–water partition coefficient (Wildman–Crippen LogP) is 3.90. The molecule has 3 heteroatoms. The first-order valence-corrected chi connectivity index (χ1v) is 7.35. The summed E-state index contributed by atoms with van der Waals surface area (Å²) in [6.45, 7) is 5.70. The first kappa shape index (κ1) is 14.3. The number of aliphatic hydroxyl groups is 1. The third kappa shape index (κ3) is 3.27. The fraction of sp³-hybridized carbons (Fsp3) is 0.625. The molecule has 0 unspecified atom stereocenters. The minimum Gasteiger partial charge on any atom is -0.389 e. The average molecular weight is 265 g/mol. The molecule has 1 aromatic carbocycles. The Morgan fingerprint density at radius 1 is 1.37 bits per heavy atom. The number of nitrogens with zero attached hydrogens (tertiary/aromatic N) is 1.